The second-order valence-electron chi connectivity index (χ2n) is 11.6. The average Bonchev–Trinajstić information content (AvgIpc) is 3.76. The van der Waals surface area contributed by atoms with Gasteiger partial charge in [0.05, 0.1) is 0 Å². The van der Waals surface area contributed by atoms with Gasteiger partial charge in [-0.2, -0.15) is 0 Å². The predicted octanol–water partition coefficient (Wildman–Crippen LogP) is 11.7. The molecule has 3 heteroatoms. The quantitative estimate of drug-likeness (QED) is 0.121. The van der Waals surface area contributed by atoms with Crippen LogP contribution in [0.3, 0.4) is 0 Å². The molecule has 0 bridgehead atoms. The average molecular weight is 729 g/mol. The van der Waals surface area contributed by atoms with Crippen molar-refractivity contribution in [1.29, 1.82) is 0 Å². The molecule has 5 aromatic rings. The zero-order valence-corrected chi connectivity index (χ0v) is 29.2. The number of para-hydroxylation sites is 1. The van der Waals surface area contributed by atoms with Gasteiger partial charge in [0.15, 0.2) is 0 Å². The Morgan fingerprint density at radius 1 is 0.651 bits per heavy atom. The zero-order valence-electron chi connectivity index (χ0n) is 25.6. The second kappa shape index (κ2) is 15.1. The molecule has 43 heavy (non-hydrogen) atoms. The van der Waals surface area contributed by atoms with E-state index in [1.807, 2.05) is 6.07 Å². The number of hydrogen-bond donors (Lipinski definition) is 0. The van der Waals surface area contributed by atoms with E-state index in [1.54, 1.807) is 0 Å². The topological polar surface area (TPSA) is 27.0 Å². The van der Waals surface area contributed by atoms with Crippen molar-refractivity contribution in [2.75, 3.05) is 0 Å². The molecule has 2 aliphatic carbocycles. The van der Waals surface area contributed by atoms with E-state index in [0.717, 1.165) is 17.0 Å². The van der Waals surface area contributed by atoms with Crippen LogP contribution in [0, 0.1) is 20.9 Å². The SMILES string of the molecule is [CH3-].[CH3-].[Hf].[c-]1ccc2ccccc2c1-c1cccc(C([N-]c2c(C3CCCC3)cccc2C2CCCC2)c2ccccc2)n1. The predicted molar refractivity (Wildman–Crippen MR) is 179 cm³/mol. The van der Waals surface area contributed by atoms with Crippen LogP contribution in [0.25, 0.3) is 27.3 Å². The largest absolute Gasteiger partial charge is 0.673 e. The summed E-state index contributed by atoms with van der Waals surface area (Å²) in [6.07, 6.45) is 10.4. The Bertz CT molecular complexity index is 1560. The third kappa shape index (κ3) is 6.88. The van der Waals surface area contributed by atoms with Crippen LogP contribution >= 0.6 is 0 Å². The summed E-state index contributed by atoms with van der Waals surface area (Å²) in [6.45, 7) is 0. The monoisotopic (exact) mass is 730 g/mol. The number of benzene rings is 4. The van der Waals surface area contributed by atoms with Crippen molar-refractivity contribution in [3.8, 4) is 11.3 Å². The Hall–Kier alpha value is -3.04. The molecule has 0 aliphatic heterocycles. The number of rotatable bonds is 7. The van der Waals surface area contributed by atoms with E-state index in [4.69, 9.17) is 10.3 Å². The first-order valence-electron chi connectivity index (χ1n) is 15.1. The normalized spacial score (nSPS) is 15.7. The number of pyridine rings is 1. The van der Waals surface area contributed by atoms with Crippen molar-refractivity contribution >= 4 is 16.5 Å². The molecule has 0 N–H and O–H groups in total. The minimum absolute atomic E-state index is 0. The van der Waals surface area contributed by atoms with Crippen molar-refractivity contribution < 1.29 is 25.8 Å². The summed E-state index contributed by atoms with van der Waals surface area (Å²) >= 11 is 0. The molecule has 2 fully saturated rings. The summed E-state index contributed by atoms with van der Waals surface area (Å²) in [5.41, 5.74) is 8.34. The fourth-order valence-electron chi connectivity index (χ4n) is 7.05. The summed E-state index contributed by atoms with van der Waals surface area (Å²) in [6, 6.07) is 40.1. The van der Waals surface area contributed by atoms with Gasteiger partial charge < -0.3 is 25.2 Å². The molecule has 7 rings (SSSR count). The van der Waals surface area contributed by atoms with E-state index in [2.05, 4.69) is 103 Å². The standard InChI is InChI=1S/C38H36N2.2CH3.Hf/c1-2-18-30(19-3-1)37(36-26-12-25-35(39-36)34-24-10-20-27-13-8-9-21-31(27)34)40-38-32(28-14-4-5-15-28)22-11-23-33(38)29-16-6-7-17-29;;;/h1-3,8-13,18-23,25-26,28-29,37H,4-7,14-17H2;2*1H3;/q-2;2*-1;. The fourth-order valence-corrected chi connectivity index (χ4v) is 7.05. The molecule has 0 radical (unpaired) electrons. The van der Waals surface area contributed by atoms with Crippen LogP contribution in [0.2, 0.25) is 0 Å². The minimum Gasteiger partial charge on any atom is -0.673 e. The smallest absolute Gasteiger partial charge is 0.0195 e. The van der Waals surface area contributed by atoms with Gasteiger partial charge in [-0.15, -0.1) is 34.8 Å². The van der Waals surface area contributed by atoms with Crippen LogP contribution in [-0.2, 0) is 25.8 Å². The summed E-state index contributed by atoms with van der Waals surface area (Å²) in [4.78, 5) is 5.30. The van der Waals surface area contributed by atoms with Gasteiger partial charge in [0.2, 0.25) is 0 Å². The molecule has 2 nitrogen and oxygen atoms in total. The molecule has 0 spiro atoms. The summed E-state index contributed by atoms with van der Waals surface area (Å²) in [5, 5.41) is 8.10. The van der Waals surface area contributed by atoms with Gasteiger partial charge in [-0.05, 0) is 55.3 Å². The minimum atomic E-state index is -0.168. The van der Waals surface area contributed by atoms with Gasteiger partial charge in [-0.25, -0.2) is 0 Å². The molecule has 0 amide bonds. The molecule has 1 atom stereocenters. The van der Waals surface area contributed by atoms with Crippen molar-refractivity contribution in [2.24, 2.45) is 0 Å². The van der Waals surface area contributed by atoms with Gasteiger partial charge in [-0.3, -0.25) is 0 Å². The molecule has 0 saturated heterocycles. The summed E-state index contributed by atoms with van der Waals surface area (Å²) in [5.74, 6) is 1.22. The third-order valence-electron chi connectivity index (χ3n) is 9.09. The van der Waals surface area contributed by atoms with Crippen molar-refractivity contribution in [3.05, 3.63) is 152 Å². The molecule has 1 heterocycles. The van der Waals surface area contributed by atoms with Gasteiger partial charge in [0.1, 0.15) is 0 Å². The van der Waals surface area contributed by atoms with E-state index in [1.165, 1.54) is 84.5 Å². The van der Waals surface area contributed by atoms with E-state index in [9.17, 15) is 0 Å². The van der Waals surface area contributed by atoms with Gasteiger partial charge in [-0.1, -0.05) is 133 Å². The molecule has 1 aromatic heterocycles. The number of aromatic nitrogens is 1. The van der Waals surface area contributed by atoms with Crippen LogP contribution in [-0.4, -0.2) is 4.98 Å². The van der Waals surface area contributed by atoms with Crippen LogP contribution in [0.1, 0.15) is 91.6 Å². The van der Waals surface area contributed by atoms with Crippen LogP contribution < -0.4 is 0 Å². The fraction of sp³-hybridized carbons (Fsp3) is 0.275. The molecule has 220 valence electrons. The third-order valence-corrected chi connectivity index (χ3v) is 9.09. The Morgan fingerprint density at radius 2 is 1.26 bits per heavy atom. The number of nitrogens with zero attached hydrogens (tertiary/aromatic N) is 2. The van der Waals surface area contributed by atoms with Crippen LogP contribution in [0.4, 0.5) is 5.69 Å². The Morgan fingerprint density at radius 3 is 1.93 bits per heavy atom. The maximum atomic E-state index is 5.71. The molecule has 1 unspecified atom stereocenters. The van der Waals surface area contributed by atoms with Crippen LogP contribution in [0.5, 0.6) is 0 Å². The second-order valence-corrected chi connectivity index (χ2v) is 11.6. The van der Waals surface area contributed by atoms with Gasteiger partial charge in [0.25, 0.3) is 0 Å². The first-order chi connectivity index (χ1) is 19.8. The van der Waals surface area contributed by atoms with E-state index in [0.29, 0.717) is 11.8 Å². The molecular formula is C40H42HfN2-4. The summed E-state index contributed by atoms with van der Waals surface area (Å²) in [7, 11) is 0. The van der Waals surface area contributed by atoms with Crippen molar-refractivity contribution in [2.45, 2.75) is 69.2 Å². The molecule has 2 aliphatic rings. The van der Waals surface area contributed by atoms with E-state index >= 15 is 0 Å². The van der Waals surface area contributed by atoms with E-state index < -0.39 is 0 Å². The first kappa shape index (κ1) is 32.9. The van der Waals surface area contributed by atoms with E-state index in [-0.39, 0.29) is 46.7 Å². The maximum absolute atomic E-state index is 5.71. The van der Waals surface area contributed by atoms with Crippen LogP contribution in [0.15, 0.2) is 103 Å². The Balaban J connectivity index is 0.00000141. The molecule has 4 aromatic carbocycles. The molecular weight excluding hydrogens is 687 g/mol. The number of fused-ring (bicyclic) bond motifs is 1. The van der Waals surface area contributed by atoms with Crippen molar-refractivity contribution in [3.63, 3.8) is 0 Å². The van der Waals surface area contributed by atoms with Crippen molar-refractivity contribution in [1.82, 2.24) is 4.98 Å². The Kier molecular flexibility index (Phi) is 11.5. The first-order valence-corrected chi connectivity index (χ1v) is 15.1. The summed E-state index contributed by atoms with van der Waals surface area (Å²) < 4.78 is 0. The zero-order chi connectivity index (χ0) is 26.7. The van der Waals surface area contributed by atoms with Gasteiger partial charge in [0, 0.05) is 31.5 Å². The number of hydrogen-bond acceptors (Lipinski definition) is 1. The van der Waals surface area contributed by atoms with Gasteiger partial charge >= 0.3 is 0 Å². The maximum Gasteiger partial charge on any atom is 0.0195 e. The molecule has 2 saturated carbocycles. The Labute approximate surface area is 278 Å².